The molecule has 0 aliphatic rings. The average molecular weight is 420 g/mol. The Hall–Kier alpha value is -3.20. The molecule has 0 aliphatic carbocycles. The number of nitro benzene ring substituents is 1. The molecule has 0 atom stereocenters. The van der Waals surface area contributed by atoms with Gasteiger partial charge >= 0.3 is 0 Å². The maximum Gasteiger partial charge on any atom is 0.270 e. The van der Waals surface area contributed by atoms with Gasteiger partial charge in [-0.05, 0) is 45.8 Å². The number of non-ortho nitro benzene ring substituents is 1. The number of carbonyl (C=O) groups is 2. The zero-order chi connectivity index (χ0) is 19.1. The van der Waals surface area contributed by atoms with Gasteiger partial charge in [0.2, 0.25) is 0 Å². The Morgan fingerprint density at radius 3 is 2.62 bits per heavy atom. The lowest BCUT2D eigenvalue weighted by atomic mass is 10.2. The number of rotatable bonds is 5. The number of nitrogens with one attached hydrogen (secondary N) is 2. The van der Waals surface area contributed by atoms with Gasteiger partial charge in [0.1, 0.15) is 5.75 Å². The van der Waals surface area contributed by atoms with E-state index in [2.05, 4.69) is 26.8 Å². The quantitative estimate of drug-likeness (QED) is 0.439. The molecule has 0 unspecified atom stereocenters. The van der Waals surface area contributed by atoms with E-state index in [0.29, 0.717) is 21.3 Å². The summed E-state index contributed by atoms with van der Waals surface area (Å²) in [4.78, 5) is 34.0. The van der Waals surface area contributed by atoms with Crippen molar-refractivity contribution in [2.75, 3.05) is 7.11 Å². The highest BCUT2D eigenvalue weighted by Crippen LogP contribution is 2.25. The van der Waals surface area contributed by atoms with Crippen LogP contribution < -0.4 is 15.6 Å². The second-order valence-electron chi connectivity index (χ2n) is 4.98. The standard InChI is InChI=1S/C17H14BrN3O5/c1-26-15-7-6-12(10-14(15)18)17(23)20-19-16(22)8-5-11-3-2-4-13(9-11)21(24)25/h2-10H,1H3,(H,19,22)(H,20,23)/b8-5+. The molecule has 0 radical (unpaired) electrons. The van der Waals surface area contributed by atoms with Crippen LogP contribution in [-0.4, -0.2) is 23.8 Å². The minimum absolute atomic E-state index is 0.0778. The van der Waals surface area contributed by atoms with Crippen molar-refractivity contribution in [3.8, 4) is 5.75 Å². The third kappa shape index (κ3) is 5.15. The molecule has 0 aliphatic heterocycles. The van der Waals surface area contributed by atoms with E-state index in [-0.39, 0.29) is 5.69 Å². The lowest BCUT2D eigenvalue weighted by molar-refractivity contribution is -0.384. The summed E-state index contributed by atoms with van der Waals surface area (Å²) in [5.74, 6) is -0.520. The van der Waals surface area contributed by atoms with E-state index < -0.39 is 16.7 Å². The molecule has 2 aromatic rings. The summed E-state index contributed by atoms with van der Waals surface area (Å²) in [6.07, 6.45) is 2.56. The van der Waals surface area contributed by atoms with Crippen LogP contribution in [-0.2, 0) is 4.79 Å². The van der Waals surface area contributed by atoms with E-state index in [4.69, 9.17) is 4.74 Å². The summed E-state index contributed by atoms with van der Waals surface area (Å²) in [5, 5.41) is 10.7. The smallest absolute Gasteiger partial charge is 0.270 e. The summed E-state index contributed by atoms with van der Waals surface area (Å²) in [7, 11) is 1.51. The van der Waals surface area contributed by atoms with Gasteiger partial charge in [-0.3, -0.25) is 30.6 Å². The van der Waals surface area contributed by atoms with Crippen molar-refractivity contribution in [3.63, 3.8) is 0 Å². The first-order chi connectivity index (χ1) is 12.4. The fourth-order valence-electron chi connectivity index (χ4n) is 1.95. The number of hydrazine groups is 1. The molecular formula is C17H14BrN3O5. The normalized spacial score (nSPS) is 10.4. The van der Waals surface area contributed by atoms with Crippen LogP contribution in [0.15, 0.2) is 53.0 Å². The highest BCUT2D eigenvalue weighted by Gasteiger charge is 2.09. The fraction of sp³-hybridized carbons (Fsp3) is 0.0588. The summed E-state index contributed by atoms with van der Waals surface area (Å²) >= 11 is 3.27. The maximum absolute atomic E-state index is 12.0. The SMILES string of the molecule is COc1ccc(C(=O)NNC(=O)/C=C/c2cccc([N+](=O)[O-])c2)cc1Br. The van der Waals surface area contributed by atoms with Gasteiger partial charge in [-0.1, -0.05) is 12.1 Å². The molecule has 0 saturated heterocycles. The Labute approximate surface area is 157 Å². The first kappa shape index (κ1) is 19.1. The Morgan fingerprint density at radius 1 is 1.19 bits per heavy atom. The molecule has 2 amide bonds. The summed E-state index contributed by atoms with van der Waals surface area (Å²) in [6, 6.07) is 10.5. The second-order valence-corrected chi connectivity index (χ2v) is 5.83. The van der Waals surface area contributed by atoms with E-state index >= 15 is 0 Å². The van der Waals surface area contributed by atoms with Crippen LogP contribution in [0.3, 0.4) is 0 Å². The van der Waals surface area contributed by atoms with Gasteiger partial charge in [-0.25, -0.2) is 0 Å². The second kappa shape index (κ2) is 8.77. The van der Waals surface area contributed by atoms with Crippen molar-refractivity contribution in [2.45, 2.75) is 0 Å². The van der Waals surface area contributed by atoms with E-state index in [1.807, 2.05) is 0 Å². The van der Waals surface area contributed by atoms with E-state index in [1.165, 1.54) is 31.4 Å². The zero-order valence-electron chi connectivity index (χ0n) is 13.6. The van der Waals surface area contributed by atoms with Crippen LogP contribution in [0.5, 0.6) is 5.75 Å². The number of nitrogens with zero attached hydrogens (tertiary/aromatic N) is 1. The van der Waals surface area contributed by atoms with E-state index in [1.54, 1.807) is 24.3 Å². The third-order valence-electron chi connectivity index (χ3n) is 3.22. The van der Waals surface area contributed by atoms with Crippen molar-refractivity contribution >= 4 is 39.5 Å². The number of nitro groups is 1. The highest BCUT2D eigenvalue weighted by atomic mass is 79.9. The predicted octanol–water partition coefficient (Wildman–Crippen LogP) is 2.84. The van der Waals surface area contributed by atoms with Crippen LogP contribution in [0.25, 0.3) is 6.08 Å². The number of hydrogen-bond donors (Lipinski definition) is 2. The monoisotopic (exact) mass is 419 g/mol. The summed E-state index contributed by atoms with van der Waals surface area (Å²) < 4.78 is 5.68. The topological polar surface area (TPSA) is 111 Å². The van der Waals surface area contributed by atoms with Crippen LogP contribution in [0, 0.1) is 10.1 Å². The third-order valence-corrected chi connectivity index (χ3v) is 3.84. The van der Waals surface area contributed by atoms with Crippen molar-refractivity contribution in [2.24, 2.45) is 0 Å². The van der Waals surface area contributed by atoms with E-state index in [9.17, 15) is 19.7 Å². The van der Waals surface area contributed by atoms with Gasteiger partial charge in [0, 0.05) is 23.8 Å². The molecule has 26 heavy (non-hydrogen) atoms. The Kier molecular flexibility index (Phi) is 6.45. The minimum Gasteiger partial charge on any atom is -0.496 e. The van der Waals surface area contributed by atoms with Crippen LogP contribution in [0.2, 0.25) is 0 Å². The van der Waals surface area contributed by atoms with Gasteiger partial charge in [0.25, 0.3) is 17.5 Å². The van der Waals surface area contributed by atoms with Crippen molar-refractivity contribution in [3.05, 3.63) is 74.3 Å². The van der Waals surface area contributed by atoms with Crippen molar-refractivity contribution < 1.29 is 19.2 Å². The first-order valence-electron chi connectivity index (χ1n) is 7.27. The molecule has 0 bridgehead atoms. The summed E-state index contributed by atoms with van der Waals surface area (Å²) in [5.41, 5.74) is 5.23. The van der Waals surface area contributed by atoms with Gasteiger partial charge in [0.05, 0.1) is 16.5 Å². The molecule has 0 aromatic heterocycles. The lowest BCUT2D eigenvalue weighted by Gasteiger charge is -2.07. The number of amides is 2. The largest absolute Gasteiger partial charge is 0.496 e. The molecule has 0 fully saturated rings. The number of methoxy groups -OCH3 is 1. The van der Waals surface area contributed by atoms with Crippen LogP contribution in [0.4, 0.5) is 5.69 Å². The summed E-state index contributed by atoms with van der Waals surface area (Å²) in [6.45, 7) is 0. The van der Waals surface area contributed by atoms with Crippen molar-refractivity contribution in [1.29, 1.82) is 0 Å². The van der Waals surface area contributed by atoms with Crippen LogP contribution in [0.1, 0.15) is 15.9 Å². The lowest BCUT2D eigenvalue weighted by Crippen LogP contribution is -2.40. The fourth-order valence-corrected chi connectivity index (χ4v) is 2.49. The van der Waals surface area contributed by atoms with Gasteiger partial charge < -0.3 is 4.74 Å². The number of hydrogen-bond acceptors (Lipinski definition) is 5. The van der Waals surface area contributed by atoms with Crippen molar-refractivity contribution in [1.82, 2.24) is 10.9 Å². The van der Waals surface area contributed by atoms with E-state index in [0.717, 1.165) is 6.08 Å². The molecule has 2 N–H and O–H groups in total. The molecular weight excluding hydrogens is 406 g/mol. The Balaban J connectivity index is 1.94. The molecule has 0 heterocycles. The number of ether oxygens (including phenoxy) is 1. The number of carbonyl (C=O) groups excluding carboxylic acids is 2. The molecule has 0 saturated carbocycles. The molecule has 2 rings (SSSR count). The molecule has 9 heteroatoms. The minimum atomic E-state index is -0.586. The maximum atomic E-state index is 12.0. The van der Waals surface area contributed by atoms with Gasteiger partial charge in [-0.2, -0.15) is 0 Å². The Morgan fingerprint density at radius 2 is 1.96 bits per heavy atom. The molecule has 8 nitrogen and oxygen atoms in total. The highest BCUT2D eigenvalue weighted by molar-refractivity contribution is 9.10. The predicted molar refractivity (Wildman–Crippen MR) is 98.4 cm³/mol. The molecule has 134 valence electrons. The molecule has 2 aromatic carbocycles. The molecule has 0 spiro atoms. The zero-order valence-corrected chi connectivity index (χ0v) is 15.1. The first-order valence-corrected chi connectivity index (χ1v) is 8.06. The number of benzene rings is 2. The van der Waals surface area contributed by atoms with Crippen LogP contribution >= 0.6 is 15.9 Å². The number of halogens is 1. The average Bonchev–Trinajstić information content (AvgIpc) is 2.64. The van der Waals surface area contributed by atoms with Gasteiger partial charge in [-0.15, -0.1) is 0 Å². The van der Waals surface area contributed by atoms with Gasteiger partial charge in [0.15, 0.2) is 0 Å². The Bertz CT molecular complexity index is 882.